The summed E-state index contributed by atoms with van der Waals surface area (Å²) in [6.45, 7) is 0. The number of nitrogens with two attached hydrogens (primary N) is 1. The predicted molar refractivity (Wildman–Crippen MR) is 66.5 cm³/mol. The van der Waals surface area contributed by atoms with E-state index in [1.54, 1.807) is 0 Å². The van der Waals surface area contributed by atoms with Gasteiger partial charge in [-0.2, -0.15) is 5.26 Å². The molecule has 0 aromatic carbocycles. The minimum atomic E-state index is -0.600. The van der Waals surface area contributed by atoms with Crippen molar-refractivity contribution in [2.45, 2.75) is 37.8 Å². The topological polar surface area (TPSA) is 115 Å². The molecule has 1 saturated carbocycles. The van der Waals surface area contributed by atoms with Crippen molar-refractivity contribution in [3.8, 4) is 11.9 Å². The third kappa shape index (κ3) is 2.98. The van der Waals surface area contributed by atoms with Gasteiger partial charge in [-0.3, -0.25) is 10.1 Å². The average molecular weight is 262 g/mol. The number of aromatic nitrogens is 1. The highest BCUT2D eigenvalue weighted by Gasteiger charge is 2.27. The summed E-state index contributed by atoms with van der Waals surface area (Å²) in [5.74, 6) is -0.0636. The van der Waals surface area contributed by atoms with Gasteiger partial charge in [-0.1, -0.05) is 6.42 Å². The Morgan fingerprint density at radius 1 is 1.53 bits per heavy atom. The normalized spacial score (nSPS) is 22.5. The van der Waals surface area contributed by atoms with Gasteiger partial charge in [-0.25, -0.2) is 4.98 Å². The summed E-state index contributed by atoms with van der Waals surface area (Å²) in [6, 6.07) is 2.84. The molecule has 0 bridgehead atoms. The second kappa shape index (κ2) is 5.63. The number of ether oxygens (including phenoxy) is 1. The van der Waals surface area contributed by atoms with E-state index in [0.717, 1.165) is 31.7 Å². The highest BCUT2D eigenvalue weighted by atomic mass is 16.6. The molecule has 7 heteroatoms. The Morgan fingerprint density at radius 2 is 2.26 bits per heavy atom. The van der Waals surface area contributed by atoms with Crippen LogP contribution < -0.4 is 10.5 Å². The maximum atomic E-state index is 11.0. The van der Waals surface area contributed by atoms with Crippen LogP contribution in [0.3, 0.4) is 0 Å². The zero-order valence-electron chi connectivity index (χ0n) is 10.3. The summed E-state index contributed by atoms with van der Waals surface area (Å²) in [5.41, 5.74) is 5.77. The van der Waals surface area contributed by atoms with Gasteiger partial charge in [0.05, 0.1) is 10.5 Å². The van der Waals surface area contributed by atoms with E-state index >= 15 is 0 Å². The maximum absolute atomic E-state index is 11.0. The molecule has 0 radical (unpaired) electrons. The smallest absolute Gasteiger partial charge is 0.332 e. The number of nitriles is 1. The zero-order chi connectivity index (χ0) is 13.8. The Kier molecular flexibility index (Phi) is 3.92. The number of hydrogen-bond acceptors (Lipinski definition) is 6. The van der Waals surface area contributed by atoms with Crippen molar-refractivity contribution >= 4 is 5.69 Å². The van der Waals surface area contributed by atoms with E-state index in [-0.39, 0.29) is 29.3 Å². The van der Waals surface area contributed by atoms with Crippen molar-refractivity contribution < 1.29 is 9.66 Å². The molecule has 19 heavy (non-hydrogen) atoms. The molecule has 0 aliphatic heterocycles. The first-order valence-corrected chi connectivity index (χ1v) is 6.08. The van der Waals surface area contributed by atoms with Gasteiger partial charge in [0.2, 0.25) is 0 Å². The third-order valence-corrected chi connectivity index (χ3v) is 3.17. The van der Waals surface area contributed by atoms with Crippen LogP contribution in [-0.4, -0.2) is 22.1 Å². The highest BCUT2D eigenvalue weighted by molar-refractivity contribution is 5.46. The van der Waals surface area contributed by atoms with E-state index in [4.69, 9.17) is 15.7 Å². The third-order valence-electron chi connectivity index (χ3n) is 3.17. The van der Waals surface area contributed by atoms with Crippen LogP contribution in [0.2, 0.25) is 0 Å². The number of pyridine rings is 1. The summed E-state index contributed by atoms with van der Waals surface area (Å²) in [4.78, 5) is 14.2. The fraction of sp³-hybridized carbons (Fsp3) is 0.500. The lowest BCUT2D eigenvalue weighted by Gasteiger charge is -2.28. The van der Waals surface area contributed by atoms with Crippen LogP contribution in [0.15, 0.2) is 12.3 Å². The molecule has 2 unspecified atom stereocenters. The summed E-state index contributed by atoms with van der Waals surface area (Å²) < 4.78 is 5.57. The van der Waals surface area contributed by atoms with Crippen LogP contribution in [0.5, 0.6) is 5.88 Å². The monoisotopic (exact) mass is 262 g/mol. The van der Waals surface area contributed by atoms with Crippen LogP contribution in [0, 0.1) is 21.4 Å². The van der Waals surface area contributed by atoms with Crippen LogP contribution >= 0.6 is 0 Å². The van der Waals surface area contributed by atoms with Crippen LogP contribution in [0.4, 0.5) is 5.69 Å². The lowest BCUT2D eigenvalue weighted by atomic mass is 9.93. The van der Waals surface area contributed by atoms with Crippen LogP contribution in [0.25, 0.3) is 0 Å². The van der Waals surface area contributed by atoms with E-state index in [1.165, 1.54) is 6.20 Å². The minimum Gasteiger partial charge on any atom is -0.468 e. The van der Waals surface area contributed by atoms with Gasteiger partial charge in [-0.05, 0) is 19.3 Å². The lowest BCUT2D eigenvalue weighted by molar-refractivity contribution is -0.386. The first kappa shape index (κ1) is 13.2. The minimum absolute atomic E-state index is 0.0636. The van der Waals surface area contributed by atoms with Crippen LogP contribution in [0.1, 0.15) is 31.2 Å². The average Bonchev–Trinajstić information content (AvgIpc) is 2.41. The molecule has 0 spiro atoms. The van der Waals surface area contributed by atoms with E-state index in [0.29, 0.717) is 0 Å². The molecular formula is C12H14N4O3. The molecule has 1 aromatic heterocycles. The highest BCUT2D eigenvalue weighted by Crippen LogP contribution is 2.29. The van der Waals surface area contributed by atoms with E-state index < -0.39 is 4.92 Å². The van der Waals surface area contributed by atoms with Crippen molar-refractivity contribution in [2.75, 3.05) is 0 Å². The van der Waals surface area contributed by atoms with Gasteiger partial charge in [0.1, 0.15) is 12.2 Å². The Bertz CT molecular complexity index is 526. The maximum Gasteiger partial charge on any atom is 0.332 e. The molecule has 100 valence electrons. The Balaban J connectivity index is 2.24. The Hall–Kier alpha value is -2.20. The van der Waals surface area contributed by atoms with E-state index in [1.807, 2.05) is 6.07 Å². The molecule has 1 aromatic rings. The fourth-order valence-corrected chi connectivity index (χ4v) is 2.14. The summed E-state index contributed by atoms with van der Waals surface area (Å²) in [7, 11) is 0. The molecule has 7 nitrogen and oxygen atoms in total. The molecule has 0 saturated heterocycles. The Labute approximate surface area is 110 Å². The molecule has 1 fully saturated rings. The molecule has 0 amide bonds. The molecule has 2 atom stereocenters. The van der Waals surface area contributed by atoms with Gasteiger partial charge in [0.15, 0.2) is 0 Å². The fourth-order valence-electron chi connectivity index (χ4n) is 2.14. The summed E-state index contributed by atoms with van der Waals surface area (Å²) in [6.07, 6.45) is 4.64. The van der Waals surface area contributed by atoms with Crippen molar-refractivity contribution in [3.63, 3.8) is 0 Å². The van der Waals surface area contributed by atoms with Crippen molar-refractivity contribution in [3.05, 3.63) is 27.9 Å². The van der Waals surface area contributed by atoms with Crippen LogP contribution in [-0.2, 0) is 0 Å². The lowest BCUT2D eigenvalue weighted by Crippen LogP contribution is -2.41. The second-order valence-corrected chi connectivity index (χ2v) is 4.52. The molecule has 1 aliphatic carbocycles. The van der Waals surface area contributed by atoms with Gasteiger partial charge in [0.25, 0.3) is 5.88 Å². The molecule has 2 rings (SSSR count). The first-order valence-electron chi connectivity index (χ1n) is 6.08. The summed E-state index contributed by atoms with van der Waals surface area (Å²) >= 11 is 0. The van der Waals surface area contributed by atoms with Gasteiger partial charge in [-0.15, -0.1) is 0 Å². The standard InChI is InChI=1S/C12H14N4O3/c13-6-8-5-10(16(17)18)12(15-7-8)19-11-4-2-1-3-9(11)14/h5,7,9,11H,1-4,14H2. The molecule has 1 heterocycles. The second-order valence-electron chi connectivity index (χ2n) is 4.52. The molecule has 2 N–H and O–H groups in total. The SMILES string of the molecule is N#Cc1cnc(OC2CCCCC2N)c([N+](=O)[O-])c1. The summed E-state index contributed by atoms with van der Waals surface area (Å²) in [5, 5.41) is 19.7. The van der Waals surface area contributed by atoms with Gasteiger partial charge < -0.3 is 10.5 Å². The molecular weight excluding hydrogens is 248 g/mol. The molecule has 1 aliphatic rings. The number of nitro groups is 1. The van der Waals surface area contributed by atoms with E-state index in [9.17, 15) is 10.1 Å². The number of nitrogens with zero attached hydrogens (tertiary/aromatic N) is 3. The van der Waals surface area contributed by atoms with Gasteiger partial charge in [0, 0.05) is 18.3 Å². The number of rotatable bonds is 3. The quantitative estimate of drug-likeness (QED) is 0.652. The number of hydrogen-bond donors (Lipinski definition) is 1. The van der Waals surface area contributed by atoms with Crippen molar-refractivity contribution in [2.24, 2.45) is 5.73 Å². The Morgan fingerprint density at radius 3 is 2.89 bits per heavy atom. The van der Waals surface area contributed by atoms with E-state index in [2.05, 4.69) is 4.98 Å². The first-order chi connectivity index (χ1) is 9.11. The van der Waals surface area contributed by atoms with Gasteiger partial charge >= 0.3 is 5.69 Å². The largest absolute Gasteiger partial charge is 0.468 e. The van der Waals surface area contributed by atoms with Crippen molar-refractivity contribution in [1.29, 1.82) is 5.26 Å². The zero-order valence-corrected chi connectivity index (χ0v) is 10.3. The predicted octanol–water partition coefficient (Wildman–Crippen LogP) is 1.51. The van der Waals surface area contributed by atoms with Crippen molar-refractivity contribution in [1.82, 2.24) is 4.98 Å².